The van der Waals surface area contributed by atoms with Gasteiger partial charge < -0.3 is 14.4 Å². The van der Waals surface area contributed by atoms with Crippen LogP contribution in [0.5, 0.6) is 5.75 Å². The van der Waals surface area contributed by atoms with Crippen LogP contribution in [0.25, 0.3) is 0 Å². The molecule has 5 nitrogen and oxygen atoms in total. The molecular formula is C19H20FNO4. The number of ether oxygens (including phenoxy) is 2. The molecule has 0 saturated heterocycles. The van der Waals surface area contributed by atoms with Gasteiger partial charge in [0.25, 0.3) is 5.91 Å². The molecule has 0 radical (unpaired) electrons. The highest BCUT2D eigenvalue weighted by Crippen LogP contribution is 2.18. The predicted octanol–water partition coefficient (Wildman–Crippen LogP) is 3.04. The number of amides is 1. The Balaban J connectivity index is 1.99. The summed E-state index contributed by atoms with van der Waals surface area (Å²) in [5.41, 5.74) is 0.712. The number of rotatable bonds is 6. The van der Waals surface area contributed by atoms with E-state index in [1.54, 1.807) is 7.05 Å². The molecule has 6 heteroatoms. The highest BCUT2D eigenvalue weighted by Gasteiger charge is 2.24. The van der Waals surface area contributed by atoms with E-state index in [0.717, 1.165) is 11.6 Å². The van der Waals surface area contributed by atoms with Gasteiger partial charge in [0.05, 0.1) is 12.7 Å². The number of hydrogen-bond acceptors (Lipinski definition) is 4. The third kappa shape index (κ3) is 4.79. The van der Waals surface area contributed by atoms with E-state index >= 15 is 0 Å². The molecular weight excluding hydrogens is 325 g/mol. The van der Waals surface area contributed by atoms with Gasteiger partial charge in [0, 0.05) is 19.7 Å². The molecule has 0 heterocycles. The molecule has 2 aromatic carbocycles. The fourth-order valence-electron chi connectivity index (χ4n) is 2.31. The van der Waals surface area contributed by atoms with E-state index < -0.39 is 17.9 Å². The van der Waals surface area contributed by atoms with E-state index in [-0.39, 0.29) is 11.5 Å². The minimum atomic E-state index is -1.03. The van der Waals surface area contributed by atoms with Crippen molar-refractivity contribution >= 4 is 11.9 Å². The maximum atomic E-state index is 13.9. The maximum Gasteiger partial charge on any atom is 0.341 e. The quantitative estimate of drug-likeness (QED) is 0.755. The molecule has 0 aromatic heterocycles. The average Bonchev–Trinajstić information content (AvgIpc) is 2.61. The summed E-state index contributed by atoms with van der Waals surface area (Å²) < 4.78 is 23.9. The molecule has 0 aliphatic rings. The molecule has 132 valence electrons. The van der Waals surface area contributed by atoms with Crippen molar-refractivity contribution in [2.75, 3.05) is 14.2 Å². The second-order valence-electron chi connectivity index (χ2n) is 5.57. The van der Waals surface area contributed by atoms with Crippen LogP contribution < -0.4 is 4.74 Å². The summed E-state index contributed by atoms with van der Waals surface area (Å²) in [6.07, 6.45) is -1.03. The van der Waals surface area contributed by atoms with Crippen LogP contribution in [0.4, 0.5) is 4.39 Å². The summed E-state index contributed by atoms with van der Waals surface area (Å²) >= 11 is 0. The van der Waals surface area contributed by atoms with E-state index in [9.17, 15) is 14.0 Å². The highest BCUT2D eigenvalue weighted by atomic mass is 19.1. The molecule has 25 heavy (non-hydrogen) atoms. The third-order valence-electron chi connectivity index (χ3n) is 3.67. The monoisotopic (exact) mass is 345 g/mol. The number of esters is 1. The van der Waals surface area contributed by atoms with Crippen molar-refractivity contribution < 1.29 is 23.5 Å². The standard InChI is InChI=1S/C19H20FNO4/c1-13(18(22)21(2)12-14-7-5-4-6-8-14)25-19(23)16-10-9-15(24-3)11-17(16)20/h4-11,13H,12H2,1-3H3/t13-/m1/s1. The summed E-state index contributed by atoms with van der Waals surface area (Å²) in [6, 6.07) is 13.2. The van der Waals surface area contributed by atoms with E-state index in [4.69, 9.17) is 9.47 Å². The minimum Gasteiger partial charge on any atom is -0.497 e. The minimum absolute atomic E-state index is 0.244. The van der Waals surface area contributed by atoms with E-state index in [0.29, 0.717) is 12.3 Å². The van der Waals surface area contributed by atoms with Gasteiger partial charge in [0.1, 0.15) is 11.6 Å². The molecule has 0 saturated carbocycles. The smallest absolute Gasteiger partial charge is 0.341 e. The molecule has 2 aromatic rings. The Labute approximate surface area is 146 Å². The van der Waals surface area contributed by atoms with Gasteiger partial charge >= 0.3 is 5.97 Å². The zero-order valence-electron chi connectivity index (χ0n) is 14.4. The molecule has 0 unspecified atom stereocenters. The van der Waals surface area contributed by atoms with Crippen LogP contribution >= 0.6 is 0 Å². The lowest BCUT2D eigenvalue weighted by atomic mass is 10.2. The Bertz CT molecular complexity index is 748. The van der Waals surface area contributed by atoms with Crippen LogP contribution in [0, 0.1) is 5.82 Å². The number of hydrogen-bond donors (Lipinski definition) is 0. The van der Waals surface area contributed by atoms with Gasteiger partial charge in [-0.3, -0.25) is 4.79 Å². The number of methoxy groups -OCH3 is 1. The lowest BCUT2D eigenvalue weighted by Gasteiger charge is -2.21. The van der Waals surface area contributed by atoms with Crippen LogP contribution in [-0.4, -0.2) is 37.0 Å². The van der Waals surface area contributed by atoms with Crippen molar-refractivity contribution in [2.24, 2.45) is 0 Å². The summed E-state index contributed by atoms with van der Waals surface area (Å²) in [4.78, 5) is 25.9. The SMILES string of the molecule is COc1ccc(C(=O)O[C@H](C)C(=O)N(C)Cc2ccccc2)c(F)c1. The number of nitrogens with zero attached hydrogens (tertiary/aromatic N) is 1. The van der Waals surface area contributed by atoms with Crippen molar-refractivity contribution in [1.29, 1.82) is 0 Å². The molecule has 0 N–H and O–H groups in total. The Kier molecular flexibility index (Phi) is 6.11. The van der Waals surface area contributed by atoms with Crippen LogP contribution in [0.15, 0.2) is 48.5 Å². The topological polar surface area (TPSA) is 55.8 Å². The summed E-state index contributed by atoms with van der Waals surface area (Å²) in [5, 5.41) is 0. The predicted molar refractivity (Wildman–Crippen MR) is 90.7 cm³/mol. The van der Waals surface area contributed by atoms with Crippen molar-refractivity contribution in [3.8, 4) is 5.75 Å². The fraction of sp³-hybridized carbons (Fsp3) is 0.263. The van der Waals surface area contributed by atoms with Gasteiger partial charge in [-0.25, -0.2) is 9.18 Å². The first-order valence-corrected chi connectivity index (χ1v) is 7.75. The first-order valence-electron chi connectivity index (χ1n) is 7.75. The molecule has 1 amide bonds. The molecule has 1 atom stereocenters. The maximum absolute atomic E-state index is 13.9. The second kappa shape index (κ2) is 8.28. The van der Waals surface area contributed by atoms with E-state index in [2.05, 4.69) is 0 Å². The Morgan fingerprint density at radius 3 is 2.44 bits per heavy atom. The largest absolute Gasteiger partial charge is 0.497 e. The Morgan fingerprint density at radius 1 is 1.16 bits per heavy atom. The van der Waals surface area contributed by atoms with Crippen molar-refractivity contribution in [3.63, 3.8) is 0 Å². The summed E-state index contributed by atoms with van der Waals surface area (Å²) in [5.74, 6) is -1.73. The van der Waals surface area contributed by atoms with Crippen molar-refractivity contribution in [1.82, 2.24) is 4.90 Å². The number of halogens is 1. The van der Waals surface area contributed by atoms with Crippen LogP contribution in [0.1, 0.15) is 22.8 Å². The molecule has 0 bridgehead atoms. The van der Waals surface area contributed by atoms with E-state index in [1.165, 1.54) is 31.1 Å². The van der Waals surface area contributed by atoms with Crippen LogP contribution in [0.3, 0.4) is 0 Å². The number of likely N-dealkylation sites (N-methyl/N-ethyl adjacent to an activating group) is 1. The van der Waals surface area contributed by atoms with Gasteiger partial charge in [0.2, 0.25) is 0 Å². The Morgan fingerprint density at radius 2 is 1.84 bits per heavy atom. The van der Waals surface area contributed by atoms with Crippen LogP contribution in [0.2, 0.25) is 0 Å². The van der Waals surface area contributed by atoms with Gasteiger partial charge in [-0.05, 0) is 24.6 Å². The third-order valence-corrected chi connectivity index (χ3v) is 3.67. The first-order chi connectivity index (χ1) is 11.9. The fourth-order valence-corrected chi connectivity index (χ4v) is 2.31. The number of benzene rings is 2. The van der Waals surface area contributed by atoms with Gasteiger partial charge in [0.15, 0.2) is 6.10 Å². The molecule has 0 aliphatic heterocycles. The van der Waals surface area contributed by atoms with Crippen molar-refractivity contribution in [3.05, 3.63) is 65.5 Å². The van der Waals surface area contributed by atoms with Gasteiger partial charge in [-0.1, -0.05) is 30.3 Å². The van der Waals surface area contributed by atoms with Crippen LogP contribution in [-0.2, 0) is 16.1 Å². The zero-order chi connectivity index (χ0) is 18.4. The van der Waals surface area contributed by atoms with Gasteiger partial charge in [-0.2, -0.15) is 0 Å². The number of carbonyl (C=O) groups excluding carboxylic acids is 2. The normalized spacial score (nSPS) is 11.5. The Hall–Kier alpha value is -2.89. The van der Waals surface area contributed by atoms with Gasteiger partial charge in [-0.15, -0.1) is 0 Å². The summed E-state index contributed by atoms with van der Waals surface area (Å²) in [6.45, 7) is 1.85. The summed E-state index contributed by atoms with van der Waals surface area (Å²) in [7, 11) is 3.02. The lowest BCUT2D eigenvalue weighted by molar-refractivity contribution is -0.139. The van der Waals surface area contributed by atoms with E-state index in [1.807, 2.05) is 30.3 Å². The first kappa shape index (κ1) is 18.4. The second-order valence-corrected chi connectivity index (χ2v) is 5.57. The zero-order valence-corrected chi connectivity index (χ0v) is 14.4. The van der Waals surface area contributed by atoms with Crippen molar-refractivity contribution in [2.45, 2.75) is 19.6 Å². The molecule has 0 spiro atoms. The molecule has 2 rings (SSSR count). The average molecular weight is 345 g/mol. The highest BCUT2D eigenvalue weighted by molar-refractivity contribution is 5.92. The molecule has 0 fully saturated rings. The molecule has 0 aliphatic carbocycles. The lowest BCUT2D eigenvalue weighted by Crippen LogP contribution is -2.37. The number of carbonyl (C=O) groups is 2.